The van der Waals surface area contributed by atoms with Gasteiger partial charge in [0.15, 0.2) is 20.8 Å². The van der Waals surface area contributed by atoms with Gasteiger partial charge < -0.3 is 10.2 Å². The SMILES string of the molecule is C=Nc1nc(Cl)c(N2CCS(=O)(=O)CC2)cc1/C(=N\C)N[C@H](C)c1cccc(C(F)F)c1F. The molecule has 1 fully saturated rings. The summed E-state index contributed by atoms with van der Waals surface area (Å²) in [6.07, 6.45) is -2.94. The number of benzene rings is 1. The molecule has 2 heterocycles. The predicted molar refractivity (Wildman–Crippen MR) is 125 cm³/mol. The first-order chi connectivity index (χ1) is 15.6. The van der Waals surface area contributed by atoms with E-state index in [1.54, 1.807) is 17.9 Å². The number of hydrogen-bond donors (Lipinski definition) is 1. The second kappa shape index (κ2) is 10.1. The Morgan fingerprint density at radius 2 is 1.91 bits per heavy atom. The maximum atomic E-state index is 14.6. The zero-order valence-corrected chi connectivity index (χ0v) is 19.6. The molecule has 1 N–H and O–H groups in total. The minimum Gasteiger partial charge on any atom is -0.367 e. The van der Waals surface area contributed by atoms with Gasteiger partial charge in [-0.2, -0.15) is 0 Å². The summed E-state index contributed by atoms with van der Waals surface area (Å²) in [5.74, 6) is -0.583. The van der Waals surface area contributed by atoms with Crippen molar-refractivity contribution in [3.8, 4) is 0 Å². The van der Waals surface area contributed by atoms with Crippen LogP contribution in [0.3, 0.4) is 0 Å². The standard InChI is InChI=1S/C21H23ClF3N5O2S/c1-12(13-5-4-6-14(17(13)23)19(24)25)28-20(26-2)15-11-16(18(22)29-21(15)27-3)30-7-9-33(31,32)10-8-30/h4-6,11-12,19H,3,7-10H2,1-2H3,(H,26,28)/t12-/m1/s1. The maximum Gasteiger partial charge on any atom is 0.266 e. The van der Waals surface area contributed by atoms with Crippen molar-refractivity contribution in [1.82, 2.24) is 10.3 Å². The molecule has 0 spiro atoms. The Morgan fingerprint density at radius 3 is 2.48 bits per heavy atom. The van der Waals surface area contributed by atoms with E-state index in [0.717, 1.165) is 6.07 Å². The molecule has 0 saturated carbocycles. The summed E-state index contributed by atoms with van der Waals surface area (Å²) in [6.45, 7) is 5.61. The van der Waals surface area contributed by atoms with Gasteiger partial charge in [0.1, 0.15) is 11.7 Å². The molecule has 0 bridgehead atoms. The van der Waals surface area contributed by atoms with Crippen LogP contribution < -0.4 is 10.2 Å². The van der Waals surface area contributed by atoms with Crippen LogP contribution in [0.1, 0.15) is 36.1 Å². The van der Waals surface area contributed by atoms with Gasteiger partial charge in [0.05, 0.1) is 34.4 Å². The van der Waals surface area contributed by atoms with E-state index in [-0.39, 0.29) is 47.0 Å². The Bertz CT molecular complexity index is 1180. The summed E-state index contributed by atoms with van der Waals surface area (Å²) in [5.41, 5.74) is 0.263. The first-order valence-electron chi connectivity index (χ1n) is 10.0. The van der Waals surface area contributed by atoms with Crippen molar-refractivity contribution in [2.24, 2.45) is 9.98 Å². The van der Waals surface area contributed by atoms with E-state index < -0.39 is 33.7 Å². The number of aliphatic imine (C=N–C) groups is 2. The smallest absolute Gasteiger partial charge is 0.266 e. The van der Waals surface area contributed by atoms with Crippen LogP contribution in [0.4, 0.5) is 24.7 Å². The van der Waals surface area contributed by atoms with E-state index in [4.69, 9.17) is 11.6 Å². The average molecular weight is 502 g/mol. The third-order valence-electron chi connectivity index (χ3n) is 5.36. The van der Waals surface area contributed by atoms with Gasteiger partial charge in [0, 0.05) is 25.7 Å². The lowest BCUT2D eigenvalue weighted by Crippen LogP contribution is -2.40. The molecule has 0 aliphatic carbocycles. The summed E-state index contributed by atoms with van der Waals surface area (Å²) in [6, 6.07) is 4.76. The predicted octanol–water partition coefficient (Wildman–Crippen LogP) is 4.11. The van der Waals surface area contributed by atoms with Crippen LogP contribution in [0.2, 0.25) is 5.15 Å². The van der Waals surface area contributed by atoms with Crippen molar-refractivity contribution in [3.05, 3.63) is 51.9 Å². The minimum atomic E-state index is -3.10. The fraction of sp³-hybridized carbons (Fsp3) is 0.381. The summed E-state index contributed by atoms with van der Waals surface area (Å²) >= 11 is 6.33. The zero-order chi connectivity index (χ0) is 24.3. The molecular formula is C21H23ClF3N5O2S. The number of anilines is 1. The normalized spacial score (nSPS) is 17.2. The average Bonchev–Trinajstić information content (AvgIpc) is 2.77. The van der Waals surface area contributed by atoms with Gasteiger partial charge in [-0.1, -0.05) is 29.8 Å². The maximum absolute atomic E-state index is 14.6. The van der Waals surface area contributed by atoms with Crippen LogP contribution in [-0.2, 0) is 9.84 Å². The minimum absolute atomic E-state index is 0.0100. The lowest BCUT2D eigenvalue weighted by Gasteiger charge is -2.30. The summed E-state index contributed by atoms with van der Waals surface area (Å²) < 4.78 is 64.4. The highest BCUT2D eigenvalue weighted by atomic mass is 35.5. The van der Waals surface area contributed by atoms with Crippen LogP contribution in [0.15, 0.2) is 34.3 Å². The van der Waals surface area contributed by atoms with E-state index in [1.165, 1.54) is 19.2 Å². The molecule has 1 aromatic carbocycles. The van der Waals surface area contributed by atoms with Crippen molar-refractivity contribution in [3.63, 3.8) is 0 Å². The van der Waals surface area contributed by atoms with E-state index in [0.29, 0.717) is 11.3 Å². The van der Waals surface area contributed by atoms with Gasteiger partial charge in [-0.05, 0) is 19.7 Å². The van der Waals surface area contributed by atoms with E-state index in [9.17, 15) is 21.6 Å². The van der Waals surface area contributed by atoms with Crippen molar-refractivity contribution in [2.75, 3.05) is 36.5 Å². The van der Waals surface area contributed by atoms with Crippen molar-refractivity contribution in [2.45, 2.75) is 19.4 Å². The molecule has 1 aliphatic heterocycles. The van der Waals surface area contributed by atoms with Gasteiger partial charge >= 0.3 is 0 Å². The molecule has 1 aliphatic rings. The monoisotopic (exact) mass is 501 g/mol. The van der Waals surface area contributed by atoms with Gasteiger partial charge in [-0.15, -0.1) is 0 Å². The number of pyridine rings is 1. The number of alkyl halides is 2. The molecule has 0 unspecified atom stereocenters. The summed E-state index contributed by atoms with van der Waals surface area (Å²) in [7, 11) is -1.60. The third-order valence-corrected chi connectivity index (χ3v) is 7.25. The number of rotatable bonds is 6. The molecule has 1 aromatic heterocycles. The van der Waals surface area contributed by atoms with Crippen LogP contribution in [0.25, 0.3) is 0 Å². The quantitative estimate of drug-likeness (QED) is 0.366. The first kappa shape index (κ1) is 25.0. The van der Waals surface area contributed by atoms with Crippen molar-refractivity contribution in [1.29, 1.82) is 0 Å². The largest absolute Gasteiger partial charge is 0.367 e. The number of halogens is 4. The van der Waals surface area contributed by atoms with Crippen molar-refractivity contribution < 1.29 is 21.6 Å². The molecule has 0 amide bonds. The number of sulfone groups is 1. The Labute approximate surface area is 195 Å². The fourth-order valence-electron chi connectivity index (χ4n) is 3.56. The highest BCUT2D eigenvalue weighted by Gasteiger charge is 2.26. The number of nitrogens with one attached hydrogen (secondary N) is 1. The molecule has 178 valence electrons. The van der Waals surface area contributed by atoms with E-state index in [2.05, 4.69) is 27.0 Å². The number of aromatic nitrogens is 1. The van der Waals surface area contributed by atoms with Crippen LogP contribution in [0, 0.1) is 5.82 Å². The van der Waals surface area contributed by atoms with Crippen LogP contribution >= 0.6 is 11.6 Å². The highest BCUT2D eigenvalue weighted by molar-refractivity contribution is 7.91. The van der Waals surface area contributed by atoms with E-state index in [1.807, 2.05) is 0 Å². The molecule has 1 atom stereocenters. The number of hydrogen-bond acceptors (Lipinski definition) is 6. The van der Waals surface area contributed by atoms with Gasteiger partial charge in [0.25, 0.3) is 6.43 Å². The Morgan fingerprint density at radius 1 is 1.27 bits per heavy atom. The van der Waals surface area contributed by atoms with Gasteiger partial charge in [0.2, 0.25) is 0 Å². The van der Waals surface area contributed by atoms with Crippen LogP contribution in [0.5, 0.6) is 0 Å². The molecule has 0 radical (unpaired) electrons. The molecule has 2 aromatic rings. The Balaban J connectivity index is 1.95. The summed E-state index contributed by atoms with van der Waals surface area (Å²) in [4.78, 5) is 14.2. The van der Waals surface area contributed by atoms with Gasteiger partial charge in [-0.3, -0.25) is 4.99 Å². The molecule has 12 heteroatoms. The molecule has 33 heavy (non-hydrogen) atoms. The Hall–Kier alpha value is -2.66. The number of nitrogens with zero attached hydrogens (tertiary/aromatic N) is 4. The van der Waals surface area contributed by atoms with E-state index >= 15 is 0 Å². The molecular weight excluding hydrogens is 479 g/mol. The fourth-order valence-corrected chi connectivity index (χ4v) is 5.01. The second-order valence-corrected chi connectivity index (χ2v) is 10.1. The summed E-state index contributed by atoms with van der Waals surface area (Å²) in [5, 5.41) is 3.15. The topological polar surface area (TPSA) is 87.0 Å². The highest BCUT2D eigenvalue weighted by Crippen LogP contribution is 2.32. The van der Waals surface area contributed by atoms with Gasteiger partial charge in [-0.25, -0.2) is 31.6 Å². The lowest BCUT2D eigenvalue weighted by molar-refractivity contribution is 0.146. The molecule has 3 rings (SSSR count). The zero-order valence-electron chi connectivity index (χ0n) is 18.0. The molecule has 7 nitrogen and oxygen atoms in total. The lowest BCUT2D eigenvalue weighted by atomic mass is 10.0. The first-order valence-corrected chi connectivity index (χ1v) is 12.2. The number of amidine groups is 1. The second-order valence-electron chi connectivity index (χ2n) is 7.46. The third kappa shape index (κ3) is 5.47. The Kier molecular flexibility index (Phi) is 7.63. The van der Waals surface area contributed by atoms with Crippen LogP contribution in [-0.4, -0.2) is 57.6 Å². The van der Waals surface area contributed by atoms with Crippen molar-refractivity contribution >= 4 is 45.5 Å². The molecule has 1 saturated heterocycles.